The Morgan fingerprint density at radius 1 is 0.865 bits per heavy atom. The summed E-state index contributed by atoms with van der Waals surface area (Å²) in [7, 11) is 0. The minimum atomic E-state index is -0.504. The molecular formula is C29H22ClN3O4. The lowest BCUT2D eigenvalue weighted by Gasteiger charge is -2.09. The van der Waals surface area contributed by atoms with E-state index in [1.807, 2.05) is 42.5 Å². The van der Waals surface area contributed by atoms with Crippen molar-refractivity contribution in [2.45, 2.75) is 13.2 Å². The number of hydrogen-bond acceptors (Lipinski definition) is 5. The molecule has 5 aromatic rings. The van der Waals surface area contributed by atoms with E-state index in [1.54, 1.807) is 54.6 Å². The zero-order chi connectivity index (χ0) is 25.6. The van der Waals surface area contributed by atoms with Crippen LogP contribution in [-0.4, -0.2) is 17.0 Å². The number of anilines is 1. The monoisotopic (exact) mass is 511 g/mol. The van der Waals surface area contributed by atoms with Crippen molar-refractivity contribution >= 4 is 40.4 Å². The third-order valence-electron chi connectivity index (χ3n) is 5.61. The highest BCUT2D eigenvalue weighted by molar-refractivity contribution is 6.31. The number of carbonyl (C=O) groups excluding carboxylic acids is 2. The first-order valence-corrected chi connectivity index (χ1v) is 11.9. The Bertz CT molecular complexity index is 1530. The van der Waals surface area contributed by atoms with Crippen molar-refractivity contribution in [3.8, 4) is 11.5 Å². The van der Waals surface area contributed by atoms with Gasteiger partial charge in [-0.15, -0.1) is 0 Å². The Balaban J connectivity index is 1.13. The predicted octanol–water partition coefficient (Wildman–Crippen LogP) is 6.83. The van der Waals surface area contributed by atoms with E-state index >= 15 is 0 Å². The highest BCUT2D eigenvalue weighted by Crippen LogP contribution is 2.27. The van der Waals surface area contributed by atoms with Crippen LogP contribution in [0.25, 0.3) is 22.6 Å². The minimum absolute atomic E-state index is 0.205. The molecule has 0 bridgehead atoms. The minimum Gasteiger partial charge on any atom is -0.445 e. The summed E-state index contributed by atoms with van der Waals surface area (Å²) in [5.74, 6) is 0.231. The number of hydrogen-bond donors (Lipinski definition) is 2. The Kier molecular flexibility index (Phi) is 7.14. The van der Waals surface area contributed by atoms with E-state index in [0.29, 0.717) is 39.8 Å². The second-order valence-corrected chi connectivity index (χ2v) is 8.71. The molecule has 0 aliphatic rings. The fourth-order valence-corrected chi connectivity index (χ4v) is 3.81. The summed E-state index contributed by atoms with van der Waals surface area (Å²) in [5.41, 5.74) is 5.01. The van der Waals surface area contributed by atoms with Gasteiger partial charge in [0, 0.05) is 28.4 Å². The highest BCUT2D eigenvalue weighted by atomic mass is 35.5. The predicted molar refractivity (Wildman–Crippen MR) is 142 cm³/mol. The molecule has 0 saturated carbocycles. The van der Waals surface area contributed by atoms with Crippen LogP contribution in [0.2, 0.25) is 5.02 Å². The van der Waals surface area contributed by atoms with Crippen LogP contribution in [0.15, 0.2) is 101 Å². The van der Waals surface area contributed by atoms with Crippen LogP contribution >= 0.6 is 11.6 Å². The SMILES string of the molecule is O=C(NCc1ccc(C(=O)Nc2ccc(-c3nc4cc(Cl)ccc4o3)cc2)cc1)OCc1ccccc1. The number of alkyl carbamates (subject to hydrolysis) is 1. The lowest BCUT2D eigenvalue weighted by atomic mass is 10.1. The molecule has 1 aromatic heterocycles. The number of aromatic nitrogens is 1. The third-order valence-corrected chi connectivity index (χ3v) is 5.84. The van der Waals surface area contributed by atoms with Crippen molar-refractivity contribution in [1.29, 1.82) is 0 Å². The molecule has 4 aromatic carbocycles. The Morgan fingerprint density at radius 2 is 1.62 bits per heavy atom. The molecule has 0 fully saturated rings. The van der Waals surface area contributed by atoms with E-state index in [9.17, 15) is 9.59 Å². The Hall–Kier alpha value is -4.62. The molecule has 0 radical (unpaired) electrons. The van der Waals surface area contributed by atoms with E-state index in [4.69, 9.17) is 20.8 Å². The molecule has 2 amide bonds. The molecule has 0 spiro atoms. The van der Waals surface area contributed by atoms with Crippen LogP contribution in [-0.2, 0) is 17.9 Å². The number of amides is 2. The zero-order valence-corrected chi connectivity index (χ0v) is 20.4. The molecule has 0 aliphatic carbocycles. The smallest absolute Gasteiger partial charge is 0.407 e. The molecule has 0 aliphatic heterocycles. The molecule has 1 heterocycles. The molecule has 0 saturated heterocycles. The number of oxazole rings is 1. The number of halogens is 1. The van der Waals surface area contributed by atoms with Crippen LogP contribution in [0.3, 0.4) is 0 Å². The van der Waals surface area contributed by atoms with E-state index in [1.165, 1.54) is 0 Å². The first-order valence-electron chi connectivity index (χ1n) is 11.5. The molecular weight excluding hydrogens is 490 g/mol. The van der Waals surface area contributed by atoms with Gasteiger partial charge in [-0.25, -0.2) is 9.78 Å². The van der Waals surface area contributed by atoms with E-state index < -0.39 is 6.09 Å². The molecule has 184 valence electrons. The van der Waals surface area contributed by atoms with Gasteiger partial charge in [-0.3, -0.25) is 4.79 Å². The number of nitrogens with zero attached hydrogens (tertiary/aromatic N) is 1. The second-order valence-electron chi connectivity index (χ2n) is 8.27. The Labute approximate surface area is 218 Å². The molecule has 0 unspecified atom stereocenters. The van der Waals surface area contributed by atoms with E-state index in [-0.39, 0.29) is 12.5 Å². The maximum absolute atomic E-state index is 12.7. The van der Waals surface area contributed by atoms with Gasteiger partial charge in [-0.05, 0) is 65.7 Å². The van der Waals surface area contributed by atoms with Gasteiger partial charge in [-0.2, -0.15) is 0 Å². The highest BCUT2D eigenvalue weighted by Gasteiger charge is 2.11. The topological polar surface area (TPSA) is 93.5 Å². The van der Waals surface area contributed by atoms with Gasteiger partial charge < -0.3 is 19.8 Å². The summed E-state index contributed by atoms with van der Waals surface area (Å²) in [6.45, 7) is 0.495. The number of ether oxygens (including phenoxy) is 1. The standard InChI is InChI=1S/C29H22ClN3O4/c30-23-12-15-26-25(16-23)33-28(37-26)22-10-13-24(14-11-22)32-27(34)21-8-6-19(7-9-21)17-31-29(35)36-18-20-4-2-1-3-5-20/h1-16H,17-18H2,(H,31,35)(H,32,34). The molecule has 8 heteroatoms. The molecule has 37 heavy (non-hydrogen) atoms. The maximum Gasteiger partial charge on any atom is 0.407 e. The largest absolute Gasteiger partial charge is 0.445 e. The van der Waals surface area contributed by atoms with Gasteiger partial charge in [0.2, 0.25) is 5.89 Å². The van der Waals surface area contributed by atoms with Crippen molar-refractivity contribution in [1.82, 2.24) is 10.3 Å². The fourth-order valence-electron chi connectivity index (χ4n) is 3.65. The molecule has 0 atom stereocenters. The van der Waals surface area contributed by atoms with Crippen LogP contribution in [0.5, 0.6) is 0 Å². The van der Waals surface area contributed by atoms with Crippen LogP contribution in [0, 0.1) is 0 Å². The number of fused-ring (bicyclic) bond motifs is 1. The Morgan fingerprint density at radius 3 is 2.38 bits per heavy atom. The number of carbonyl (C=O) groups is 2. The molecule has 2 N–H and O–H groups in total. The first-order chi connectivity index (χ1) is 18.0. The lowest BCUT2D eigenvalue weighted by molar-refractivity contribution is 0.102. The fraction of sp³-hybridized carbons (Fsp3) is 0.0690. The summed E-state index contributed by atoms with van der Waals surface area (Å²) in [6.07, 6.45) is -0.504. The number of rotatable bonds is 7. The van der Waals surface area contributed by atoms with Crippen molar-refractivity contribution in [2.75, 3.05) is 5.32 Å². The summed E-state index contributed by atoms with van der Waals surface area (Å²) >= 11 is 6.02. The average Bonchev–Trinajstić information content (AvgIpc) is 3.35. The van der Waals surface area contributed by atoms with E-state index in [2.05, 4.69) is 15.6 Å². The van der Waals surface area contributed by atoms with Gasteiger partial charge >= 0.3 is 6.09 Å². The van der Waals surface area contributed by atoms with Crippen LogP contribution < -0.4 is 10.6 Å². The summed E-state index contributed by atoms with van der Waals surface area (Å²) in [4.78, 5) is 29.1. The van der Waals surface area contributed by atoms with Crippen LogP contribution in [0.1, 0.15) is 21.5 Å². The van der Waals surface area contributed by atoms with Crippen LogP contribution in [0.4, 0.5) is 10.5 Å². The quantitative estimate of drug-likeness (QED) is 0.250. The molecule has 5 rings (SSSR count). The summed E-state index contributed by atoms with van der Waals surface area (Å²) in [5, 5.41) is 6.18. The normalized spacial score (nSPS) is 10.7. The third kappa shape index (κ3) is 6.15. The van der Waals surface area contributed by atoms with E-state index in [0.717, 1.165) is 16.7 Å². The lowest BCUT2D eigenvalue weighted by Crippen LogP contribution is -2.23. The van der Waals surface area contributed by atoms with Crippen molar-refractivity contribution in [3.05, 3.63) is 119 Å². The molecule has 7 nitrogen and oxygen atoms in total. The first kappa shape index (κ1) is 24.1. The van der Waals surface area contributed by atoms with Gasteiger partial charge in [-0.1, -0.05) is 54.1 Å². The number of benzene rings is 4. The van der Waals surface area contributed by atoms with Gasteiger partial charge in [0.25, 0.3) is 5.91 Å². The summed E-state index contributed by atoms with van der Waals surface area (Å²) in [6, 6.07) is 29.0. The zero-order valence-electron chi connectivity index (χ0n) is 19.6. The van der Waals surface area contributed by atoms with Gasteiger partial charge in [0.05, 0.1) is 0 Å². The maximum atomic E-state index is 12.7. The average molecular weight is 512 g/mol. The van der Waals surface area contributed by atoms with Gasteiger partial charge in [0.15, 0.2) is 5.58 Å². The van der Waals surface area contributed by atoms with Gasteiger partial charge in [0.1, 0.15) is 12.1 Å². The van der Waals surface area contributed by atoms with Crippen molar-refractivity contribution < 1.29 is 18.7 Å². The van der Waals surface area contributed by atoms with Crippen molar-refractivity contribution in [2.24, 2.45) is 0 Å². The summed E-state index contributed by atoms with van der Waals surface area (Å²) < 4.78 is 11.0. The second kappa shape index (κ2) is 11.0. The van der Waals surface area contributed by atoms with Crippen molar-refractivity contribution in [3.63, 3.8) is 0 Å². The number of nitrogens with one attached hydrogen (secondary N) is 2.